The van der Waals surface area contributed by atoms with Crippen molar-refractivity contribution in [2.24, 2.45) is 11.3 Å². The van der Waals surface area contributed by atoms with Crippen LogP contribution in [0, 0.1) is 11.3 Å². The van der Waals surface area contributed by atoms with Gasteiger partial charge in [-0.1, -0.05) is 66.7 Å². The molecule has 1 unspecified atom stereocenters. The molecule has 0 rings (SSSR count). The molecule has 0 aliphatic carbocycles. The molecule has 0 saturated carbocycles. The van der Waals surface area contributed by atoms with Crippen molar-refractivity contribution in [1.82, 2.24) is 0 Å². The van der Waals surface area contributed by atoms with Gasteiger partial charge in [-0.15, -0.1) is 0 Å². The fraction of sp³-hybridized carbons (Fsp3) is 1.00. The fourth-order valence-electron chi connectivity index (χ4n) is 2.35. The average Bonchev–Trinajstić information content (AvgIpc) is 2.38. The number of hydrogen-bond acceptors (Lipinski definition) is 2. The molecule has 0 aromatic carbocycles. The fourth-order valence-corrected chi connectivity index (χ4v) is 2.35. The van der Waals surface area contributed by atoms with Crippen molar-refractivity contribution < 1.29 is 10.2 Å². The topological polar surface area (TPSA) is 40.5 Å². The van der Waals surface area contributed by atoms with Crippen molar-refractivity contribution in [1.29, 1.82) is 0 Å². The molecule has 0 aliphatic rings. The number of aliphatic hydroxyl groups excluding tert-OH is 2. The maximum Gasteiger partial charge on any atom is 0.0433 e. The number of rotatable bonds is 11. The van der Waals surface area contributed by atoms with Gasteiger partial charge >= 0.3 is 0 Å². The second-order valence-corrected chi connectivity index (χ2v) is 6.85. The second-order valence-electron chi connectivity index (χ2n) is 6.85. The molecular weight excluding hydrogens is 248 g/mol. The van der Waals surface area contributed by atoms with Crippen molar-refractivity contribution in [2.45, 2.75) is 92.4 Å². The first kappa shape index (κ1) is 22.2. The van der Waals surface area contributed by atoms with Gasteiger partial charge in [-0.05, 0) is 37.0 Å². The lowest BCUT2D eigenvalue weighted by atomic mass is 9.82. The van der Waals surface area contributed by atoms with Crippen LogP contribution in [0.2, 0.25) is 0 Å². The predicted molar refractivity (Wildman–Crippen MR) is 90.0 cm³/mol. The molecule has 20 heavy (non-hydrogen) atoms. The summed E-state index contributed by atoms with van der Waals surface area (Å²) in [5, 5.41) is 17.1. The summed E-state index contributed by atoms with van der Waals surface area (Å²) in [5.74, 6) is 0.713. The van der Waals surface area contributed by atoms with Gasteiger partial charge in [-0.2, -0.15) is 0 Å². The minimum Gasteiger partial charge on any atom is -0.396 e. The summed E-state index contributed by atoms with van der Waals surface area (Å²) < 4.78 is 0. The van der Waals surface area contributed by atoms with Crippen molar-refractivity contribution >= 4 is 0 Å². The lowest BCUT2D eigenvalue weighted by Gasteiger charge is -2.24. The van der Waals surface area contributed by atoms with Crippen LogP contribution in [0.3, 0.4) is 0 Å². The van der Waals surface area contributed by atoms with Gasteiger partial charge in [0.25, 0.3) is 0 Å². The highest BCUT2D eigenvalue weighted by Gasteiger charge is 2.15. The Hall–Kier alpha value is -0.0800. The molecule has 0 aromatic heterocycles. The van der Waals surface area contributed by atoms with Crippen LogP contribution < -0.4 is 0 Å². The monoisotopic (exact) mass is 288 g/mol. The molecule has 1 atom stereocenters. The van der Waals surface area contributed by atoms with E-state index in [0.717, 1.165) is 12.8 Å². The summed E-state index contributed by atoms with van der Waals surface area (Å²) in [6, 6.07) is 0. The first-order valence-electron chi connectivity index (χ1n) is 8.65. The average molecular weight is 289 g/mol. The van der Waals surface area contributed by atoms with E-state index in [4.69, 9.17) is 10.2 Å². The largest absolute Gasteiger partial charge is 0.396 e. The highest BCUT2D eigenvalue weighted by atomic mass is 16.3. The summed E-state index contributed by atoms with van der Waals surface area (Å²) >= 11 is 0. The molecule has 2 heteroatoms. The second kappa shape index (κ2) is 15.3. The first-order chi connectivity index (χ1) is 9.43. The van der Waals surface area contributed by atoms with E-state index in [1.807, 2.05) is 0 Å². The van der Waals surface area contributed by atoms with Crippen molar-refractivity contribution in [3.05, 3.63) is 0 Å². The van der Waals surface area contributed by atoms with E-state index in [1.165, 1.54) is 44.9 Å². The Morgan fingerprint density at radius 2 is 1.40 bits per heavy atom. The Bertz CT molecular complexity index is 172. The van der Waals surface area contributed by atoms with Crippen LogP contribution in [0.5, 0.6) is 0 Å². The Balaban J connectivity index is 0. The van der Waals surface area contributed by atoms with E-state index < -0.39 is 0 Å². The number of hydrogen-bond donors (Lipinski definition) is 2. The standard InChI is InChI=1S/C11H24O.C7H16O/c1-4-5-8-11(2,3)9-6-7-10-12;1-3-4-7(2)5-6-8/h12H,4-10H2,1-3H3;7-8H,3-6H2,1-2H3. The minimum atomic E-state index is 0.348. The van der Waals surface area contributed by atoms with Crippen LogP contribution in [0.15, 0.2) is 0 Å². The number of aliphatic hydroxyl groups is 2. The van der Waals surface area contributed by atoms with Crippen molar-refractivity contribution in [3.63, 3.8) is 0 Å². The quantitative estimate of drug-likeness (QED) is 0.515. The maximum atomic E-state index is 8.64. The van der Waals surface area contributed by atoms with Crippen LogP contribution in [0.4, 0.5) is 0 Å². The van der Waals surface area contributed by atoms with Gasteiger partial charge in [0.05, 0.1) is 0 Å². The van der Waals surface area contributed by atoms with Gasteiger partial charge in [-0.25, -0.2) is 0 Å². The van der Waals surface area contributed by atoms with E-state index in [1.54, 1.807) is 0 Å². The molecule has 2 nitrogen and oxygen atoms in total. The summed E-state index contributed by atoms with van der Waals surface area (Å²) in [4.78, 5) is 0. The van der Waals surface area contributed by atoms with E-state index in [9.17, 15) is 0 Å². The molecule has 0 fully saturated rings. The van der Waals surface area contributed by atoms with Gasteiger partial charge in [0.2, 0.25) is 0 Å². The Kier molecular flexibility index (Phi) is 17.0. The molecule has 0 bridgehead atoms. The van der Waals surface area contributed by atoms with Gasteiger partial charge in [-0.3, -0.25) is 0 Å². The third kappa shape index (κ3) is 17.9. The molecule has 0 amide bonds. The van der Waals surface area contributed by atoms with E-state index in [-0.39, 0.29) is 0 Å². The van der Waals surface area contributed by atoms with Gasteiger partial charge < -0.3 is 10.2 Å². The van der Waals surface area contributed by atoms with Gasteiger partial charge in [0.1, 0.15) is 0 Å². The number of unbranched alkanes of at least 4 members (excludes halogenated alkanes) is 2. The Labute approximate surface area is 128 Å². The zero-order chi connectivity index (χ0) is 15.9. The lowest BCUT2D eigenvalue weighted by Crippen LogP contribution is -2.11. The normalized spacial score (nSPS) is 12.8. The van der Waals surface area contributed by atoms with Crippen LogP contribution in [0.1, 0.15) is 92.4 Å². The van der Waals surface area contributed by atoms with Gasteiger partial charge in [0.15, 0.2) is 0 Å². The van der Waals surface area contributed by atoms with Crippen LogP contribution in [-0.2, 0) is 0 Å². The molecule has 0 saturated heterocycles. The zero-order valence-electron chi connectivity index (χ0n) is 14.7. The summed E-state index contributed by atoms with van der Waals surface area (Å²) in [6.07, 6.45) is 10.8. The molecule has 2 N–H and O–H groups in total. The first-order valence-corrected chi connectivity index (χ1v) is 8.65. The summed E-state index contributed by atoms with van der Waals surface area (Å²) in [6.45, 7) is 12.0. The SMILES string of the molecule is CCCC(C)CCO.CCCCC(C)(C)CCCCO. The zero-order valence-corrected chi connectivity index (χ0v) is 14.7. The molecular formula is C18H40O2. The highest BCUT2D eigenvalue weighted by molar-refractivity contribution is 4.68. The minimum absolute atomic E-state index is 0.348. The lowest BCUT2D eigenvalue weighted by molar-refractivity contribution is 0.249. The molecule has 0 radical (unpaired) electrons. The van der Waals surface area contributed by atoms with E-state index >= 15 is 0 Å². The summed E-state index contributed by atoms with van der Waals surface area (Å²) in [5.41, 5.74) is 0.491. The van der Waals surface area contributed by atoms with E-state index in [0.29, 0.717) is 24.5 Å². The van der Waals surface area contributed by atoms with Crippen LogP contribution in [0.25, 0.3) is 0 Å². The molecule has 0 aliphatic heterocycles. The Morgan fingerprint density at radius 1 is 0.800 bits per heavy atom. The molecule has 0 heterocycles. The Morgan fingerprint density at radius 3 is 1.85 bits per heavy atom. The highest BCUT2D eigenvalue weighted by Crippen LogP contribution is 2.29. The van der Waals surface area contributed by atoms with E-state index in [2.05, 4.69) is 34.6 Å². The predicted octanol–water partition coefficient (Wildman–Crippen LogP) is 5.17. The maximum absolute atomic E-state index is 8.64. The van der Waals surface area contributed by atoms with Gasteiger partial charge in [0, 0.05) is 13.2 Å². The molecule has 124 valence electrons. The van der Waals surface area contributed by atoms with Crippen molar-refractivity contribution in [2.75, 3.05) is 13.2 Å². The van der Waals surface area contributed by atoms with Crippen LogP contribution in [-0.4, -0.2) is 23.4 Å². The smallest absolute Gasteiger partial charge is 0.0433 e. The van der Waals surface area contributed by atoms with Crippen LogP contribution >= 0.6 is 0 Å². The summed E-state index contributed by atoms with van der Waals surface area (Å²) in [7, 11) is 0. The molecule has 0 spiro atoms. The molecule has 0 aromatic rings. The third-order valence-electron chi connectivity index (χ3n) is 3.87. The third-order valence-corrected chi connectivity index (χ3v) is 3.87. The van der Waals surface area contributed by atoms with Crippen molar-refractivity contribution in [3.8, 4) is 0 Å².